The molecule has 0 saturated carbocycles. The van der Waals surface area contributed by atoms with Crippen molar-refractivity contribution in [1.29, 1.82) is 0 Å². The molecule has 1 saturated heterocycles. The van der Waals surface area contributed by atoms with E-state index in [-0.39, 0.29) is 12.5 Å². The van der Waals surface area contributed by atoms with Crippen molar-refractivity contribution in [3.63, 3.8) is 0 Å². The molecule has 0 aromatic rings. The standard InChI is InChI=1S/C11H22N4O2/c1-2-6-15(7-9-4-3-5-13-9)8-10(16)14-11(12)17/h9,13H,2-8H2,1H3,(H3,12,14,16,17). The molecule has 6 heteroatoms. The van der Waals surface area contributed by atoms with Gasteiger partial charge >= 0.3 is 6.03 Å². The number of nitrogens with zero attached hydrogens (tertiary/aromatic N) is 1. The molecule has 0 bridgehead atoms. The van der Waals surface area contributed by atoms with E-state index in [4.69, 9.17) is 5.73 Å². The Morgan fingerprint density at radius 3 is 2.82 bits per heavy atom. The van der Waals surface area contributed by atoms with Crippen molar-refractivity contribution >= 4 is 11.9 Å². The Kier molecular flexibility index (Phi) is 5.93. The van der Waals surface area contributed by atoms with Crippen LogP contribution in [-0.2, 0) is 4.79 Å². The molecule has 0 spiro atoms. The average molecular weight is 242 g/mol. The smallest absolute Gasteiger partial charge is 0.318 e. The summed E-state index contributed by atoms with van der Waals surface area (Å²) < 4.78 is 0. The minimum atomic E-state index is -0.787. The van der Waals surface area contributed by atoms with Gasteiger partial charge in [-0.3, -0.25) is 15.0 Å². The molecular weight excluding hydrogens is 220 g/mol. The van der Waals surface area contributed by atoms with Crippen molar-refractivity contribution in [3.8, 4) is 0 Å². The van der Waals surface area contributed by atoms with Gasteiger partial charge in [-0.1, -0.05) is 6.92 Å². The lowest BCUT2D eigenvalue weighted by Crippen LogP contribution is -2.45. The number of rotatable bonds is 6. The number of amides is 3. The van der Waals surface area contributed by atoms with Crippen LogP contribution in [0.4, 0.5) is 4.79 Å². The number of hydrogen-bond acceptors (Lipinski definition) is 4. The van der Waals surface area contributed by atoms with Gasteiger partial charge in [0.15, 0.2) is 0 Å². The van der Waals surface area contributed by atoms with E-state index in [0.717, 1.165) is 32.5 Å². The lowest BCUT2D eigenvalue weighted by molar-refractivity contribution is -0.121. The monoisotopic (exact) mass is 242 g/mol. The molecule has 6 nitrogen and oxygen atoms in total. The zero-order chi connectivity index (χ0) is 12.7. The lowest BCUT2D eigenvalue weighted by atomic mass is 10.2. The molecule has 0 radical (unpaired) electrons. The van der Waals surface area contributed by atoms with Crippen LogP contribution in [0.15, 0.2) is 0 Å². The number of carbonyl (C=O) groups is 2. The molecule has 0 aliphatic carbocycles. The van der Waals surface area contributed by atoms with Crippen molar-refractivity contribution in [2.24, 2.45) is 5.73 Å². The van der Waals surface area contributed by atoms with Crippen LogP contribution in [0.1, 0.15) is 26.2 Å². The largest absolute Gasteiger partial charge is 0.351 e. The highest BCUT2D eigenvalue weighted by atomic mass is 16.2. The first-order chi connectivity index (χ1) is 8.11. The molecule has 1 rings (SSSR count). The lowest BCUT2D eigenvalue weighted by Gasteiger charge is -2.24. The van der Waals surface area contributed by atoms with Crippen molar-refractivity contribution in [1.82, 2.24) is 15.5 Å². The minimum absolute atomic E-state index is 0.231. The molecule has 1 aliphatic rings. The van der Waals surface area contributed by atoms with Gasteiger partial charge in [0.05, 0.1) is 6.54 Å². The van der Waals surface area contributed by atoms with Crippen LogP contribution in [-0.4, -0.2) is 49.1 Å². The van der Waals surface area contributed by atoms with Crippen LogP contribution >= 0.6 is 0 Å². The van der Waals surface area contributed by atoms with Gasteiger partial charge in [0.2, 0.25) is 5.91 Å². The summed E-state index contributed by atoms with van der Waals surface area (Å²) in [6.07, 6.45) is 3.33. The van der Waals surface area contributed by atoms with Gasteiger partial charge in [-0.25, -0.2) is 4.79 Å². The molecular formula is C11H22N4O2. The van der Waals surface area contributed by atoms with Crippen molar-refractivity contribution in [3.05, 3.63) is 0 Å². The first kappa shape index (κ1) is 13.9. The molecule has 1 fully saturated rings. The molecule has 0 aromatic carbocycles. The van der Waals surface area contributed by atoms with Crippen LogP contribution in [0.3, 0.4) is 0 Å². The number of nitrogens with one attached hydrogen (secondary N) is 2. The van der Waals surface area contributed by atoms with Crippen LogP contribution in [0.25, 0.3) is 0 Å². The van der Waals surface area contributed by atoms with Gasteiger partial charge in [-0.15, -0.1) is 0 Å². The number of imide groups is 1. The van der Waals surface area contributed by atoms with E-state index in [1.807, 2.05) is 0 Å². The summed E-state index contributed by atoms with van der Waals surface area (Å²) in [5.74, 6) is -0.330. The predicted octanol–water partition coefficient (Wildman–Crippen LogP) is -0.355. The quantitative estimate of drug-likeness (QED) is 0.594. The van der Waals surface area contributed by atoms with Gasteiger partial charge in [-0.05, 0) is 32.4 Å². The summed E-state index contributed by atoms with van der Waals surface area (Å²) in [7, 11) is 0. The third-order valence-electron chi connectivity index (χ3n) is 2.81. The van der Waals surface area contributed by atoms with Crippen molar-refractivity contribution in [2.45, 2.75) is 32.2 Å². The molecule has 3 amide bonds. The second-order valence-electron chi connectivity index (χ2n) is 4.44. The van der Waals surface area contributed by atoms with Gasteiger partial charge in [0.25, 0.3) is 0 Å². The van der Waals surface area contributed by atoms with Crippen LogP contribution in [0.2, 0.25) is 0 Å². The number of carbonyl (C=O) groups excluding carboxylic acids is 2. The topological polar surface area (TPSA) is 87.5 Å². The second kappa shape index (κ2) is 7.24. The molecule has 1 heterocycles. The van der Waals surface area contributed by atoms with Crippen LogP contribution in [0, 0.1) is 0 Å². The Morgan fingerprint density at radius 1 is 1.53 bits per heavy atom. The molecule has 0 aromatic heterocycles. The third-order valence-corrected chi connectivity index (χ3v) is 2.81. The van der Waals surface area contributed by atoms with E-state index in [2.05, 4.69) is 22.5 Å². The van der Waals surface area contributed by atoms with Crippen LogP contribution < -0.4 is 16.4 Å². The summed E-state index contributed by atoms with van der Waals surface area (Å²) in [5, 5.41) is 5.49. The highest BCUT2D eigenvalue weighted by Crippen LogP contribution is 2.07. The molecule has 1 aliphatic heterocycles. The Bertz CT molecular complexity index is 264. The summed E-state index contributed by atoms with van der Waals surface area (Å²) >= 11 is 0. The second-order valence-corrected chi connectivity index (χ2v) is 4.44. The van der Waals surface area contributed by atoms with Crippen molar-refractivity contribution < 1.29 is 9.59 Å². The highest BCUT2D eigenvalue weighted by Gasteiger charge is 2.19. The summed E-state index contributed by atoms with van der Waals surface area (Å²) in [6.45, 7) is 5.05. The molecule has 4 N–H and O–H groups in total. The first-order valence-corrected chi connectivity index (χ1v) is 6.16. The number of primary amides is 1. The summed E-state index contributed by atoms with van der Waals surface area (Å²) in [6, 6.07) is -0.326. The number of urea groups is 1. The Labute approximate surface area is 102 Å². The summed E-state index contributed by atoms with van der Waals surface area (Å²) in [5.41, 5.74) is 4.90. The maximum Gasteiger partial charge on any atom is 0.318 e. The maximum atomic E-state index is 11.4. The fraction of sp³-hybridized carbons (Fsp3) is 0.818. The average Bonchev–Trinajstić information content (AvgIpc) is 2.69. The number of hydrogen-bond donors (Lipinski definition) is 3. The van der Waals surface area contributed by atoms with E-state index in [1.165, 1.54) is 6.42 Å². The normalized spacial score (nSPS) is 19.5. The van der Waals surface area contributed by atoms with Crippen LogP contribution in [0.5, 0.6) is 0 Å². The minimum Gasteiger partial charge on any atom is -0.351 e. The number of nitrogens with two attached hydrogens (primary N) is 1. The zero-order valence-electron chi connectivity index (χ0n) is 10.4. The zero-order valence-corrected chi connectivity index (χ0v) is 10.4. The van der Waals surface area contributed by atoms with Gasteiger partial charge in [-0.2, -0.15) is 0 Å². The van der Waals surface area contributed by atoms with E-state index in [1.54, 1.807) is 0 Å². The molecule has 17 heavy (non-hydrogen) atoms. The van der Waals surface area contributed by atoms with Gasteiger partial charge in [0.1, 0.15) is 0 Å². The van der Waals surface area contributed by atoms with E-state index < -0.39 is 6.03 Å². The van der Waals surface area contributed by atoms with E-state index in [0.29, 0.717) is 6.04 Å². The molecule has 1 unspecified atom stereocenters. The molecule has 1 atom stereocenters. The van der Waals surface area contributed by atoms with Gasteiger partial charge in [0, 0.05) is 12.6 Å². The molecule has 98 valence electrons. The Hall–Kier alpha value is -1.14. The summed E-state index contributed by atoms with van der Waals surface area (Å²) in [4.78, 5) is 24.0. The maximum absolute atomic E-state index is 11.4. The predicted molar refractivity (Wildman–Crippen MR) is 65.5 cm³/mol. The highest BCUT2D eigenvalue weighted by molar-refractivity contribution is 5.94. The third kappa shape index (κ3) is 5.65. The fourth-order valence-electron chi connectivity index (χ4n) is 2.16. The van der Waals surface area contributed by atoms with Crippen molar-refractivity contribution in [2.75, 3.05) is 26.2 Å². The van der Waals surface area contributed by atoms with E-state index >= 15 is 0 Å². The SMILES string of the molecule is CCCN(CC(=O)NC(N)=O)CC1CCCN1. The van der Waals surface area contributed by atoms with E-state index in [9.17, 15) is 9.59 Å². The Morgan fingerprint density at radius 2 is 2.29 bits per heavy atom. The van der Waals surface area contributed by atoms with Gasteiger partial charge < -0.3 is 11.1 Å². The Balaban J connectivity index is 2.35. The fourth-order valence-corrected chi connectivity index (χ4v) is 2.16. The first-order valence-electron chi connectivity index (χ1n) is 6.16.